The van der Waals surface area contributed by atoms with Crippen LogP contribution in [0.25, 0.3) is 0 Å². The molecule has 180 valence electrons. The number of nitrogens with one attached hydrogen (secondary N) is 2. The predicted octanol–water partition coefficient (Wildman–Crippen LogP) is 4.09. The zero-order chi connectivity index (χ0) is 24.9. The Bertz CT molecular complexity index is 1270. The Labute approximate surface area is 201 Å². The number of amides is 3. The summed E-state index contributed by atoms with van der Waals surface area (Å²) in [7, 11) is 2.87. The molecule has 0 unspecified atom stereocenters. The van der Waals surface area contributed by atoms with Crippen molar-refractivity contribution in [1.82, 2.24) is 0 Å². The summed E-state index contributed by atoms with van der Waals surface area (Å²) in [6.07, 6.45) is -0.0508. The van der Waals surface area contributed by atoms with Gasteiger partial charge in [0.2, 0.25) is 11.8 Å². The third kappa shape index (κ3) is 5.08. The van der Waals surface area contributed by atoms with Gasteiger partial charge in [-0.2, -0.15) is 0 Å². The molecule has 1 aliphatic heterocycles. The van der Waals surface area contributed by atoms with E-state index < -0.39 is 17.6 Å². The zero-order valence-electron chi connectivity index (χ0n) is 19.2. The molecular formula is C26H24FN3O5. The van der Waals surface area contributed by atoms with Gasteiger partial charge in [-0.1, -0.05) is 30.3 Å². The standard InChI is InChI=1S/C26H24FN3O5/c1-34-22-14-20(23(35-2)13-19(22)28-25(32)16-8-4-3-5-9-16)29-26(33)17-12-24(31)30(15-17)21-11-7-6-10-18(21)27/h3-11,13-14,17H,12,15H2,1-2H3,(H,28,32)(H,29,33)/t17-/m0/s1. The number of anilines is 3. The van der Waals surface area contributed by atoms with E-state index >= 15 is 0 Å². The van der Waals surface area contributed by atoms with Crippen LogP contribution in [-0.2, 0) is 9.59 Å². The number of benzene rings is 3. The Hall–Kier alpha value is -4.40. The molecule has 1 fully saturated rings. The minimum atomic E-state index is -0.685. The van der Waals surface area contributed by atoms with Crippen LogP contribution in [0, 0.1) is 11.7 Å². The number of para-hydroxylation sites is 1. The number of halogens is 1. The third-order valence-corrected chi connectivity index (χ3v) is 5.70. The number of hydrogen-bond acceptors (Lipinski definition) is 5. The monoisotopic (exact) mass is 477 g/mol. The number of hydrogen-bond donors (Lipinski definition) is 2. The largest absolute Gasteiger partial charge is 0.494 e. The molecule has 8 nitrogen and oxygen atoms in total. The maximum atomic E-state index is 14.2. The quantitative estimate of drug-likeness (QED) is 0.534. The third-order valence-electron chi connectivity index (χ3n) is 5.70. The van der Waals surface area contributed by atoms with E-state index in [9.17, 15) is 18.8 Å². The van der Waals surface area contributed by atoms with E-state index in [-0.39, 0.29) is 36.2 Å². The molecule has 0 saturated carbocycles. The lowest BCUT2D eigenvalue weighted by Crippen LogP contribution is -2.28. The van der Waals surface area contributed by atoms with E-state index in [4.69, 9.17) is 9.47 Å². The molecule has 2 N–H and O–H groups in total. The Morgan fingerprint density at radius 1 is 0.914 bits per heavy atom. The summed E-state index contributed by atoms with van der Waals surface area (Å²) in [6, 6.07) is 17.7. The second-order valence-corrected chi connectivity index (χ2v) is 7.92. The van der Waals surface area contributed by atoms with Crippen molar-refractivity contribution in [1.29, 1.82) is 0 Å². The molecule has 9 heteroatoms. The van der Waals surface area contributed by atoms with Gasteiger partial charge in [0.25, 0.3) is 5.91 Å². The van der Waals surface area contributed by atoms with Gasteiger partial charge in [0.15, 0.2) is 0 Å². The van der Waals surface area contributed by atoms with E-state index in [1.165, 1.54) is 43.4 Å². The van der Waals surface area contributed by atoms with Crippen LogP contribution in [-0.4, -0.2) is 38.5 Å². The first-order valence-corrected chi connectivity index (χ1v) is 10.9. The first kappa shape index (κ1) is 23.7. The average Bonchev–Trinajstić information content (AvgIpc) is 3.26. The van der Waals surface area contributed by atoms with Crippen LogP contribution in [0.5, 0.6) is 11.5 Å². The van der Waals surface area contributed by atoms with Gasteiger partial charge < -0.3 is 25.0 Å². The summed E-state index contributed by atoms with van der Waals surface area (Å²) in [4.78, 5) is 39.3. The normalized spacial score (nSPS) is 15.0. The molecule has 1 saturated heterocycles. The Morgan fingerprint density at radius 3 is 2.14 bits per heavy atom. The highest BCUT2D eigenvalue weighted by Gasteiger charge is 2.36. The van der Waals surface area contributed by atoms with E-state index in [2.05, 4.69) is 10.6 Å². The summed E-state index contributed by atoms with van der Waals surface area (Å²) in [5, 5.41) is 5.55. The van der Waals surface area contributed by atoms with E-state index in [1.54, 1.807) is 36.4 Å². The van der Waals surface area contributed by atoms with Gasteiger partial charge in [-0.25, -0.2) is 4.39 Å². The van der Waals surface area contributed by atoms with Gasteiger partial charge in [0, 0.05) is 30.7 Å². The number of ether oxygens (including phenoxy) is 2. The number of carbonyl (C=O) groups is 3. The lowest BCUT2D eigenvalue weighted by molar-refractivity contribution is -0.122. The molecule has 3 amide bonds. The second-order valence-electron chi connectivity index (χ2n) is 7.92. The van der Waals surface area contributed by atoms with Crippen molar-refractivity contribution in [3.8, 4) is 11.5 Å². The molecule has 1 aliphatic rings. The first-order chi connectivity index (χ1) is 16.9. The fourth-order valence-corrected chi connectivity index (χ4v) is 3.90. The highest BCUT2D eigenvalue weighted by molar-refractivity contribution is 6.06. The summed E-state index contributed by atoms with van der Waals surface area (Å²) in [5.41, 5.74) is 1.28. The van der Waals surface area contributed by atoms with Gasteiger partial charge in [-0.3, -0.25) is 14.4 Å². The lowest BCUT2D eigenvalue weighted by Gasteiger charge is -2.19. The van der Waals surface area contributed by atoms with Crippen LogP contribution in [0.4, 0.5) is 21.5 Å². The van der Waals surface area contributed by atoms with E-state index in [0.29, 0.717) is 22.7 Å². The van der Waals surface area contributed by atoms with Gasteiger partial charge in [0.1, 0.15) is 17.3 Å². The Balaban J connectivity index is 1.52. The van der Waals surface area contributed by atoms with Gasteiger partial charge in [-0.05, 0) is 24.3 Å². The fraction of sp³-hybridized carbons (Fsp3) is 0.192. The summed E-state index contributed by atoms with van der Waals surface area (Å²) in [6.45, 7) is 0.0519. The molecule has 1 atom stereocenters. The molecule has 4 rings (SSSR count). The van der Waals surface area contributed by atoms with Crippen LogP contribution in [0.2, 0.25) is 0 Å². The maximum absolute atomic E-state index is 14.2. The van der Waals surface area contributed by atoms with Crippen molar-refractivity contribution in [2.45, 2.75) is 6.42 Å². The van der Waals surface area contributed by atoms with E-state index in [0.717, 1.165) is 0 Å². The van der Waals surface area contributed by atoms with Crippen molar-refractivity contribution in [2.75, 3.05) is 36.3 Å². The van der Waals surface area contributed by atoms with E-state index in [1.807, 2.05) is 6.07 Å². The summed E-state index contributed by atoms with van der Waals surface area (Å²) >= 11 is 0. The highest BCUT2D eigenvalue weighted by atomic mass is 19.1. The van der Waals surface area contributed by atoms with Crippen molar-refractivity contribution in [2.24, 2.45) is 5.92 Å². The van der Waals surface area contributed by atoms with Crippen molar-refractivity contribution in [3.05, 3.63) is 78.1 Å². The molecular weight excluding hydrogens is 453 g/mol. The second kappa shape index (κ2) is 10.3. The van der Waals surface area contributed by atoms with Crippen LogP contribution >= 0.6 is 0 Å². The fourth-order valence-electron chi connectivity index (χ4n) is 3.90. The van der Waals surface area contributed by atoms with Crippen LogP contribution in [0.3, 0.4) is 0 Å². The smallest absolute Gasteiger partial charge is 0.255 e. The number of methoxy groups -OCH3 is 2. The van der Waals surface area contributed by atoms with Crippen LogP contribution in [0.1, 0.15) is 16.8 Å². The average molecular weight is 477 g/mol. The maximum Gasteiger partial charge on any atom is 0.255 e. The molecule has 0 aliphatic carbocycles. The molecule has 3 aromatic carbocycles. The minimum absolute atomic E-state index is 0.0508. The summed E-state index contributed by atoms with van der Waals surface area (Å²) in [5.74, 6) is -1.70. The molecule has 1 heterocycles. The van der Waals surface area contributed by atoms with Crippen LogP contribution in [0.15, 0.2) is 66.7 Å². The van der Waals surface area contributed by atoms with Crippen LogP contribution < -0.4 is 25.0 Å². The number of nitrogens with zero attached hydrogens (tertiary/aromatic N) is 1. The molecule has 3 aromatic rings. The molecule has 0 radical (unpaired) electrons. The lowest BCUT2D eigenvalue weighted by atomic mass is 10.1. The Kier molecular flexibility index (Phi) is 6.96. The van der Waals surface area contributed by atoms with Gasteiger partial charge >= 0.3 is 0 Å². The van der Waals surface area contributed by atoms with Gasteiger partial charge in [0.05, 0.1) is 37.2 Å². The molecule has 35 heavy (non-hydrogen) atoms. The topological polar surface area (TPSA) is 97.0 Å². The van der Waals surface area contributed by atoms with Crippen molar-refractivity contribution in [3.63, 3.8) is 0 Å². The SMILES string of the molecule is COc1cc(NC(=O)[C@H]2CC(=O)N(c3ccccc3F)C2)c(OC)cc1NC(=O)c1ccccc1. The predicted molar refractivity (Wildman–Crippen MR) is 129 cm³/mol. The molecule has 0 aromatic heterocycles. The zero-order valence-corrected chi connectivity index (χ0v) is 19.2. The number of carbonyl (C=O) groups excluding carboxylic acids is 3. The number of rotatable bonds is 7. The highest BCUT2D eigenvalue weighted by Crippen LogP contribution is 2.37. The summed E-state index contributed by atoms with van der Waals surface area (Å²) < 4.78 is 25.0. The Morgan fingerprint density at radius 2 is 1.51 bits per heavy atom. The first-order valence-electron chi connectivity index (χ1n) is 10.9. The molecule has 0 bridgehead atoms. The minimum Gasteiger partial charge on any atom is -0.494 e. The van der Waals surface area contributed by atoms with Crippen molar-refractivity contribution < 1.29 is 28.2 Å². The van der Waals surface area contributed by atoms with Gasteiger partial charge in [-0.15, -0.1) is 0 Å². The molecule has 0 spiro atoms. The van der Waals surface area contributed by atoms with Crippen molar-refractivity contribution >= 4 is 34.8 Å².